The van der Waals surface area contributed by atoms with Crippen molar-refractivity contribution in [2.24, 2.45) is 0 Å². The molecule has 2 rings (SSSR count). The van der Waals surface area contributed by atoms with Crippen LogP contribution >= 0.6 is 22.5 Å². The van der Waals surface area contributed by atoms with E-state index in [1.807, 2.05) is 18.2 Å². The minimum atomic E-state index is -0.293. The molecule has 80 valence electrons. The van der Waals surface area contributed by atoms with Gasteiger partial charge in [0, 0.05) is 4.75 Å². The number of thiol groups is 1. The highest BCUT2D eigenvalue weighted by molar-refractivity contribution is 8.68. The Morgan fingerprint density at radius 1 is 1.47 bits per heavy atom. The van der Waals surface area contributed by atoms with Crippen LogP contribution in [0, 0.1) is 0 Å². The highest BCUT2D eigenvalue weighted by Crippen LogP contribution is 2.38. The van der Waals surface area contributed by atoms with E-state index in [2.05, 4.69) is 30.5 Å². The van der Waals surface area contributed by atoms with Gasteiger partial charge in [-0.25, -0.2) is 0 Å². The monoisotopic (exact) mass is 241 g/mol. The van der Waals surface area contributed by atoms with Crippen molar-refractivity contribution < 1.29 is 9.52 Å². The zero-order valence-electron chi connectivity index (χ0n) is 8.39. The molecule has 0 bridgehead atoms. The summed E-state index contributed by atoms with van der Waals surface area (Å²) < 4.78 is 4.90. The van der Waals surface area contributed by atoms with Crippen LogP contribution in [0.25, 0.3) is 11.1 Å². The molecule has 1 heterocycles. The predicted octanol–water partition coefficient (Wildman–Crippen LogP) is 3.35. The molecular formula is C10H11NO2S2. The van der Waals surface area contributed by atoms with Gasteiger partial charge in [-0.15, -0.1) is 11.7 Å². The zero-order valence-corrected chi connectivity index (χ0v) is 10.1. The largest absolute Gasteiger partial charge is 0.466 e. The predicted molar refractivity (Wildman–Crippen MR) is 65.3 cm³/mol. The van der Waals surface area contributed by atoms with Crippen molar-refractivity contribution >= 4 is 33.6 Å². The Kier molecular flexibility index (Phi) is 2.60. The molecule has 0 aliphatic heterocycles. The van der Waals surface area contributed by atoms with Gasteiger partial charge in [-0.05, 0) is 31.5 Å². The molecule has 0 unspecified atom stereocenters. The molecule has 2 aromatic rings. The van der Waals surface area contributed by atoms with Gasteiger partial charge in [0.2, 0.25) is 0 Å². The lowest BCUT2D eigenvalue weighted by atomic mass is 10.0. The van der Waals surface area contributed by atoms with Gasteiger partial charge in [-0.1, -0.05) is 16.9 Å². The van der Waals surface area contributed by atoms with Crippen LogP contribution in [0.1, 0.15) is 19.4 Å². The first-order valence-electron chi connectivity index (χ1n) is 4.45. The molecule has 0 radical (unpaired) electrons. The fraction of sp³-hybridized carbons (Fsp3) is 0.300. The van der Waals surface area contributed by atoms with Gasteiger partial charge in [0.1, 0.15) is 5.52 Å². The lowest BCUT2D eigenvalue weighted by molar-refractivity contribution is 0.328. The number of benzene rings is 1. The maximum absolute atomic E-state index is 9.11. The molecular weight excluding hydrogens is 230 g/mol. The van der Waals surface area contributed by atoms with Crippen LogP contribution in [0.15, 0.2) is 22.6 Å². The normalized spacial score (nSPS) is 12.2. The smallest absolute Gasteiger partial charge is 0.392 e. The number of aromatic hydroxyl groups is 1. The van der Waals surface area contributed by atoms with E-state index in [-0.39, 0.29) is 10.8 Å². The zero-order chi connectivity index (χ0) is 11.1. The molecule has 0 fully saturated rings. The Bertz CT molecular complexity index is 493. The molecule has 1 aromatic heterocycles. The lowest BCUT2D eigenvalue weighted by Crippen LogP contribution is -2.09. The van der Waals surface area contributed by atoms with E-state index in [0.29, 0.717) is 11.1 Å². The fourth-order valence-corrected chi connectivity index (χ4v) is 1.89. The Balaban J connectivity index is 2.55. The summed E-state index contributed by atoms with van der Waals surface area (Å²) in [6.07, 6.45) is -0.293. The van der Waals surface area contributed by atoms with E-state index in [1.54, 1.807) is 0 Å². The summed E-state index contributed by atoms with van der Waals surface area (Å²) in [6.45, 7) is 4.15. The van der Waals surface area contributed by atoms with Crippen molar-refractivity contribution in [1.82, 2.24) is 4.98 Å². The molecule has 0 atom stereocenters. The van der Waals surface area contributed by atoms with E-state index in [0.717, 1.165) is 5.56 Å². The van der Waals surface area contributed by atoms with Crippen molar-refractivity contribution in [1.29, 1.82) is 0 Å². The van der Waals surface area contributed by atoms with Gasteiger partial charge in [-0.3, -0.25) is 0 Å². The van der Waals surface area contributed by atoms with Gasteiger partial charge in [0.05, 0.1) is 0 Å². The average Bonchev–Trinajstić information content (AvgIpc) is 2.56. The molecule has 0 amide bonds. The summed E-state index contributed by atoms with van der Waals surface area (Å²) in [7, 11) is 1.47. The van der Waals surface area contributed by atoms with Crippen molar-refractivity contribution in [2.45, 2.75) is 18.6 Å². The number of fused-ring (bicyclic) bond motifs is 1. The first-order chi connectivity index (χ1) is 7.03. The molecule has 0 aliphatic rings. The van der Waals surface area contributed by atoms with Crippen molar-refractivity contribution in [3.05, 3.63) is 23.8 Å². The summed E-state index contributed by atoms with van der Waals surface area (Å²) in [5.74, 6) is 0. The highest BCUT2D eigenvalue weighted by Gasteiger charge is 2.20. The number of aromatic nitrogens is 1. The van der Waals surface area contributed by atoms with Gasteiger partial charge < -0.3 is 9.52 Å². The minimum Gasteiger partial charge on any atom is -0.466 e. The standard InChI is InChI=1S/C10H11NO2S2/c1-10(2,15-14)6-3-4-8-7(5-6)11-9(12)13-8/h3-5,14H,1-2H3,(H,11,12). The average molecular weight is 241 g/mol. The second kappa shape index (κ2) is 3.64. The molecule has 1 aromatic carbocycles. The molecule has 0 spiro atoms. The highest BCUT2D eigenvalue weighted by atomic mass is 33.1. The third-order valence-corrected chi connectivity index (χ3v) is 4.36. The molecule has 5 heteroatoms. The Morgan fingerprint density at radius 2 is 2.20 bits per heavy atom. The Hall–Kier alpha value is -0.810. The van der Waals surface area contributed by atoms with E-state index in [4.69, 9.17) is 9.52 Å². The summed E-state index contributed by atoms with van der Waals surface area (Å²) in [6, 6.07) is 5.67. The SMILES string of the molecule is CC(C)(SS)c1ccc2oc(O)nc2c1. The summed E-state index contributed by atoms with van der Waals surface area (Å²) in [5, 5.41) is 9.11. The van der Waals surface area contributed by atoms with Crippen molar-refractivity contribution in [3.8, 4) is 6.08 Å². The van der Waals surface area contributed by atoms with Crippen molar-refractivity contribution in [2.75, 3.05) is 0 Å². The quantitative estimate of drug-likeness (QED) is 0.625. The second-order valence-corrected chi connectivity index (χ2v) is 5.53. The Morgan fingerprint density at radius 3 is 2.87 bits per heavy atom. The first-order valence-corrected chi connectivity index (χ1v) is 6.32. The molecule has 0 saturated carbocycles. The third kappa shape index (κ3) is 1.94. The van der Waals surface area contributed by atoms with Crippen LogP contribution in [0.2, 0.25) is 0 Å². The minimum absolute atomic E-state index is 0.0914. The van der Waals surface area contributed by atoms with Crippen molar-refractivity contribution in [3.63, 3.8) is 0 Å². The number of hydrogen-bond donors (Lipinski definition) is 2. The summed E-state index contributed by atoms with van der Waals surface area (Å²) in [4.78, 5) is 3.88. The third-order valence-electron chi connectivity index (χ3n) is 2.30. The van der Waals surface area contributed by atoms with Gasteiger partial charge in [-0.2, -0.15) is 4.98 Å². The summed E-state index contributed by atoms with van der Waals surface area (Å²) >= 11 is 4.24. The van der Waals surface area contributed by atoms with E-state index < -0.39 is 0 Å². The van der Waals surface area contributed by atoms with Gasteiger partial charge in [0.15, 0.2) is 5.58 Å². The molecule has 15 heavy (non-hydrogen) atoms. The van der Waals surface area contributed by atoms with Crippen LogP contribution in [-0.4, -0.2) is 10.1 Å². The number of nitrogens with zero attached hydrogens (tertiary/aromatic N) is 1. The lowest BCUT2D eigenvalue weighted by Gasteiger charge is -2.21. The fourth-order valence-electron chi connectivity index (χ4n) is 1.34. The molecule has 0 aliphatic carbocycles. The Labute approximate surface area is 96.7 Å². The second-order valence-electron chi connectivity index (χ2n) is 3.78. The van der Waals surface area contributed by atoms with E-state index in [1.165, 1.54) is 10.8 Å². The molecule has 0 saturated heterocycles. The van der Waals surface area contributed by atoms with Crippen LogP contribution in [0.4, 0.5) is 0 Å². The molecule has 3 nitrogen and oxygen atoms in total. The number of oxazole rings is 1. The summed E-state index contributed by atoms with van der Waals surface area (Å²) in [5.41, 5.74) is 2.36. The van der Waals surface area contributed by atoms with Crippen LogP contribution in [-0.2, 0) is 4.75 Å². The number of hydrogen-bond acceptors (Lipinski definition) is 5. The van der Waals surface area contributed by atoms with E-state index >= 15 is 0 Å². The first kappa shape index (κ1) is 10.7. The number of rotatable bonds is 2. The maximum Gasteiger partial charge on any atom is 0.392 e. The van der Waals surface area contributed by atoms with Crippen LogP contribution in [0.5, 0.6) is 6.08 Å². The van der Waals surface area contributed by atoms with Gasteiger partial charge >= 0.3 is 6.08 Å². The maximum atomic E-state index is 9.11. The van der Waals surface area contributed by atoms with Gasteiger partial charge in [0.25, 0.3) is 0 Å². The van der Waals surface area contributed by atoms with E-state index in [9.17, 15) is 0 Å². The topological polar surface area (TPSA) is 46.3 Å². The van der Waals surface area contributed by atoms with Crippen LogP contribution in [0.3, 0.4) is 0 Å². The molecule has 1 N–H and O–H groups in total. The van der Waals surface area contributed by atoms with Crippen LogP contribution < -0.4 is 0 Å².